The van der Waals surface area contributed by atoms with Crippen LogP contribution >= 0.6 is 0 Å². The summed E-state index contributed by atoms with van der Waals surface area (Å²) in [6.07, 6.45) is 0. The lowest BCUT2D eigenvalue weighted by Gasteiger charge is -2.14. The normalized spacial score (nSPS) is 12.1. The monoisotopic (exact) mass is 367 g/mol. The predicted octanol–water partition coefficient (Wildman–Crippen LogP) is 7.71. The minimum absolute atomic E-state index is 1.26. The van der Waals surface area contributed by atoms with Gasteiger partial charge in [-0.05, 0) is 33.7 Å². The van der Waals surface area contributed by atoms with E-state index < -0.39 is 0 Å². The van der Waals surface area contributed by atoms with Crippen LogP contribution in [-0.4, -0.2) is 4.40 Å². The van der Waals surface area contributed by atoms with Crippen molar-refractivity contribution >= 4 is 59.6 Å². The van der Waals surface area contributed by atoms with Gasteiger partial charge in [0.25, 0.3) is 0 Å². The highest BCUT2D eigenvalue weighted by atomic mass is 14.9. The molecular weight excluding hydrogens is 350 g/mol. The zero-order valence-corrected chi connectivity index (χ0v) is 15.8. The molecule has 0 saturated heterocycles. The molecule has 0 bridgehead atoms. The van der Waals surface area contributed by atoms with Gasteiger partial charge in [-0.15, -0.1) is 0 Å². The molecular formula is C28H17N. The number of aromatic nitrogens is 1. The largest absolute Gasteiger partial charge is 0.308 e. The van der Waals surface area contributed by atoms with Crippen LogP contribution in [0.4, 0.5) is 0 Å². The van der Waals surface area contributed by atoms with Crippen molar-refractivity contribution in [3.8, 4) is 0 Å². The van der Waals surface area contributed by atoms with Crippen LogP contribution in [0.5, 0.6) is 0 Å². The molecule has 1 nitrogen and oxygen atoms in total. The van der Waals surface area contributed by atoms with Gasteiger partial charge in [0.15, 0.2) is 0 Å². The number of fused-ring (bicyclic) bond motifs is 12. The number of rotatable bonds is 0. The van der Waals surface area contributed by atoms with E-state index in [1.165, 1.54) is 59.6 Å². The highest BCUT2D eigenvalue weighted by Crippen LogP contribution is 2.40. The van der Waals surface area contributed by atoms with Crippen LogP contribution in [0.1, 0.15) is 0 Å². The molecule has 0 aliphatic rings. The first-order valence-corrected chi connectivity index (χ1v) is 10.1. The third kappa shape index (κ3) is 1.89. The van der Waals surface area contributed by atoms with E-state index in [-0.39, 0.29) is 0 Å². The molecule has 0 amide bonds. The van der Waals surface area contributed by atoms with E-state index in [0.717, 1.165) is 0 Å². The van der Waals surface area contributed by atoms with E-state index in [2.05, 4.69) is 108 Å². The third-order valence-electron chi connectivity index (χ3n) is 6.31. The van der Waals surface area contributed by atoms with E-state index in [4.69, 9.17) is 0 Å². The summed E-state index contributed by atoms with van der Waals surface area (Å²) in [5.74, 6) is 0. The van der Waals surface area contributed by atoms with E-state index in [1.54, 1.807) is 0 Å². The van der Waals surface area contributed by atoms with Crippen LogP contribution in [0.15, 0.2) is 103 Å². The maximum Gasteiger partial charge on any atom is 0.0619 e. The summed E-state index contributed by atoms with van der Waals surface area (Å²) in [7, 11) is 0. The number of para-hydroxylation sites is 1. The topological polar surface area (TPSA) is 4.41 Å². The fourth-order valence-electron chi connectivity index (χ4n) is 5.07. The molecule has 7 rings (SSSR count). The predicted molar refractivity (Wildman–Crippen MR) is 125 cm³/mol. The van der Waals surface area contributed by atoms with E-state index in [1.807, 2.05) is 0 Å². The van der Waals surface area contributed by atoms with Gasteiger partial charge in [0.1, 0.15) is 0 Å². The van der Waals surface area contributed by atoms with Gasteiger partial charge >= 0.3 is 0 Å². The fourth-order valence-corrected chi connectivity index (χ4v) is 5.07. The Balaban J connectivity index is 1.94. The van der Waals surface area contributed by atoms with Crippen molar-refractivity contribution in [1.82, 2.24) is 4.40 Å². The Morgan fingerprint density at radius 1 is 0.414 bits per heavy atom. The molecule has 0 atom stereocenters. The van der Waals surface area contributed by atoms with Crippen molar-refractivity contribution in [2.75, 3.05) is 0 Å². The Bertz CT molecular complexity index is 1750. The van der Waals surface area contributed by atoms with Gasteiger partial charge in [-0.2, -0.15) is 0 Å². The molecule has 0 aliphatic heterocycles. The van der Waals surface area contributed by atoms with E-state index >= 15 is 0 Å². The summed E-state index contributed by atoms with van der Waals surface area (Å²) in [5.41, 5.74) is 3.84. The molecule has 0 N–H and O–H groups in total. The van der Waals surface area contributed by atoms with Crippen LogP contribution in [-0.2, 0) is 0 Å². The van der Waals surface area contributed by atoms with E-state index in [0.29, 0.717) is 0 Å². The van der Waals surface area contributed by atoms with Crippen molar-refractivity contribution in [3.63, 3.8) is 0 Å². The van der Waals surface area contributed by atoms with Gasteiger partial charge in [0, 0.05) is 21.5 Å². The van der Waals surface area contributed by atoms with Gasteiger partial charge in [-0.3, -0.25) is 0 Å². The molecule has 0 unspecified atom stereocenters. The molecule has 2 aromatic heterocycles. The average Bonchev–Trinajstić information content (AvgIpc) is 3.17. The molecule has 7 aromatic rings. The maximum absolute atomic E-state index is 2.47. The average molecular weight is 367 g/mol. The Hall–Kier alpha value is -3.84. The Kier molecular flexibility index (Phi) is 2.80. The van der Waals surface area contributed by atoms with Crippen LogP contribution in [0.3, 0.4) is 0 Å². The van der Waals surface area contributed by atoms with E-state index in [9.17, 15) is 0 Å². The van der Waals surface area contributed by atoms with Crippen LogP contribution in [0.2, 0.25) is 0 Å². The SMILES string of the molecule is c1ccc2c(c1)ccc1c3ccc4ccccc4c3n3c4ccccc4cc3c21. The highest BCUT2D eigenvalue weighted by molar-refractivity contribution is 6.27. The zero-order chi connectivity index (χ0) is 18.9. The maximum atomic E-state index is 2.47. The molecule has 1 heteroatoms. The van der Waals surface area contributed by atoms with Crippen LogP contribution < -0.4 is 0 Å². The lowest BCUT2D eigenvalue weighted by atomic mass is 9.96. The first-order chi connectivity index (χ1) is 14.4. The molecule has 0 aliphatic carbocycles. The van der Waals surface area contributed by atoms with Crippen molar-refractivity contribution < 1.29 is 0 Å². The summed E-state index contributed by atoms with van der Waals surface area (Å²) in [6.45, 7) is 0. The second-order valence-corrected chi connectivity index (χ2v) is 7.82. The standard InChI is InChI=1S/C28H17N/c1-4-10-21-18(7-1)13-15-23-24-16-14-19-8-2-5-11-22(19)28(24)29-25-12-6-3-9-20(25)17-26(29)27(21)23/h1-17H. The highest BCUT2D eigenvalue weighted by Gasteiger charge is 2.15. The lowest BCUT2D eigenvalue weighted by molar-refractivity contribution is 1.36. The lowest BCUT2D eigenvalue weighted by Crippen LogP contribution is -1.93. The van der Waals surface area contributed by atoms with Crippen molar-refractivity contribution in [2.24, 2.45) is 0 Å². The first kappa shape index (κ1) is 15.1. The van der Waals surface area contributed by atoms with Gasteiger partial charge < -0.3 is 4.40 Å². The Labute approximate surface area is 167 Å². The molecule has 2 heterocycles. The Morgan fingerprint density at radius 3 is 1.86 bits per heavy atom. The minimum Gasteiger partial charge on any atom is -0.308 e. The summed E-state index contributed by atoms with van der Waals surface area (Å²) >= 11 is 0. The number of benzene rings is 5. The van der Waals surface area contributed by atoms with Crippen molar-refractivity contribution in [2.45, 2.75) is 0 Å². The van der Waals surface area contributed by atoms with Gasteiger partial charge in [-0.25, -0.2) is 0 Å². The van der Waals surface area contributed by atoms with Gasteiger partial charge in [0.2, 0.25) is 0 Å². The van der Waals surface area contributed by atoms with Crippen molar-refractivity contribution in [3.05, 3.63) is 103 Å². The second kappa shape index (κ2) is 5.36. The molecule has 0 saturated carbocycles. The molecule has 0 fully saturated rings. The number of hydrogen-bond acceptors (Lipinski definition) is 0. The zero-order valence-electron chi connectivity index (χ0n) is 15.8. The molecule has 134 valence electrons. The summed E-state index contributed by atoms with van der Waals surface area (Å²) in [5, 5.41) is 10.4. The fraction of sp³-hybridized carbons (Fsp3) is 0. The first-order valence-electron chi connectivity index (χ1n) is 10.1. The summed E-state index contributed by atoms with van der Waals surface area (Å²) < 4.78 is 2.47. The quantitative estimate of drug-likeness (QED) is 0.242. The minimum atomic E-state index is 1.26. The molecule has 29 heavy (non-hydrogen) atoms. The number of pyridine rings is 1. The smallest absolute Gasteiger partial charge is 0.0619 e. The molecule has 0 radical (unpaired) electrons. The van der Waals surface area contributed by atoms with Crippen LogP contribution in [0, 0.1) is 0 Å². The third-order valence-corrected chi connectivity index (χ3v) is 6.31. The van der Waals surface area contributed by atoms with Crippen molar-refractivity contribution in [1.29, 1.82) is 0 Å². The Morgan fingerprint density at radius 2 is 1.03 bits per heavy atom. The van der Waals surface area contributed by atoms with Crippen LogP contribution in [0.25, 0.3) is 59.6 Å². The summed E-state index contributed by atoms with van der Waals surface area (Å²) in [6, 6.07) is 37.6. The number of nitrogens with zero attached hydrogens (tertiary/aromatic N) is 1. The summed E-state index contributed by atoms with van der Waals surface area (Å²) in [4.78, 5) is 0. The molecule has 0 spiro atoms. The van der Waals surface area contributed by atoms with Gasteiger partial charge in [-0.1, -0.05) is 91.0 Å². The molecule has 5 aromatic carbocycles. The number of hydrogen-bond donors (Lipinski definition) is 0. The van der Waals surface area contributed by atoms with Gasteiger partial charge in [0.05, 0.1) is 16.6 Å². The second-order valence-electron chi connectivity index (χ2n) is 7.82.